The molecule has 1 aliphatic heterocycles. The molecule has 0 aliphatic carbocycles. The highest BCUT2D eigenvalue weighted by atomic mass is 16.8. The van der Waals surface area contributed by atoms with E-state index in [1.54, 1.807) is 0 Å². The predicted octanol–water partition coefficient (Wildman–Crippen LogP) is 2.06. The molecule has 7 heteroatoms. The van der Waals surface area contributed by atoms with Gasteiger partial charge in [-0.25, -0.2) is 10.9 Å². The lowest BCUT2D eigenvalue weighted by molar-refractivity contribution is -0.0928. The molecule has 0 amide bonds. The molecule has 31 heavy (non-hydrogen) atoms. The third-order valence-corrected chi connectivity index (χ3v) is 5.25. The molecule has 1 heterocycles. The SMILES string of the molecule is CN(C)N[C@H](Cc1ccccc1)C1OCOCOC1[C@@H](Cc1ccccc1)NN(C)C. The van der Waals surface area contributed by atoms with Gasteiger partial charge in [-0.15, -0.1) is 0 Å². The van der Waals surface area contributed by atoms with Crippen molar-refractivity contribution >= 4 is 0 Å². The summed E-state index contributed by atoms with van der Waals surface area (Å²) in [5, 5.41) is 3.96. The van der Waals surface area contributed by atoms with Crippen LogP contribution in [0.25, 0.3) is 0 Å². The molecule has 0 saturated carbocycles. The van der Waals surface area contributed by atoms with E-state index in [9.17, 15) is 0 Å². The summed E-state index contributed by atoms with van der Waals surface area (Å²) in [6.07, 6.45) is 1.19. The van der Waals surface area contributed by atoms with Crippen LogP contribution in [0.3, 0.4) is 0 Å². The van der Waals surface area contributed by atoms with Gasteiger partial charge in [0.1, 0.15) is 25.8 Å². The standard InChI is InChI=1S/C24H36N4O3/c1-27(2)25-21(15-19-11-7-5-8-12-19)23-24(31-18-29-17-30-23)22(26-28(3)4)16-20-13-9-6-10-14-20/h5-14,21-26H,15-18H2,1-4H3/t21-,22-,23?,24?/m1/s1. The number of ether oxygens (including phenoxy) is 3. The van der Waals surface area contributed by atoms with Crippen LogP contribution in [0.15, 0.2) is 60.7 Å². The molecule has 3 rings (SSSR count). The molecule has 2 aromatic rings. The fourth-order valence-corrected chi connectivity index (χ4v) is 4.04. The number of benzene rings is 2. The topological polar surface area (TPSA) is 58.2 Å². The van der Waals surface area contributed by atoms with Crippen molar-refractivity contribution in [2.45, 2.75) is 37.1 Å². The third-order valence-electron chi connectivity index (χ3n) is 5.25. The summed E-state index contributed by atoms with van der Waals surface area (Å²) in [6, 6.07) is 20.9. The quantitative estimate of drug-likeness (QED) is 0.562. The molecule has 4 atom stereocenters. The van der Waals surface area contributed by atoms with Gasteiger partial charge in [0.2, 0.25) is 0 Å². The predicted molar refractivity (Wildman–Crippen MR) is 122 cm³/mol. The monoisotopic (exact) mass is 428 g/mol. The first-order valence-electron chi connectivity index (χ1n) is 10.8. The summed E-state index contributed by atoms with van der Waals surface area (Å²) < 4.78 is 18.1. The Balaban J connectivity index is 1.88. The van der Waals surface area contributed by atoms with E-state index < -0.39 is 0 Å². The first kappa shape index (κ1) is 23.8. The summed E-state index contributed by atoms with van der Waals surface area (Å²) >= 11 is 0. The van der Waals surface area contributed by atoms with Gasteiger partial charge in [0.15, 0.2) is 0 Å². The normalized spacial score (nSPS) is 21.7. The van der Waals surface area contributed by atoms with Gasteiger partial charge in [0.25, 0.3) is 0 Å². The van der Waals surface area contributed by atoms with Gasteiger partial charge >= 0.3 is 0 Å². The Hall–Kier alpha value is -1.84. The van der Waals surface area contributed by atoms with Crippen LogP contribution in [-0.4, -0.2) is 76.1 Å². The maximum atomic E-state index is 6.26. The van der Waals surface area contributed by atoms with Crippen LogP contribution in [0, 0.1) is 0 Å². The van der Waals surface area contributed by atoms with Gasteiger partial charge in [-0.3, -0.25) is 10.0 Å². The number of hydrogen-bond donors (Lipinski definition) is 2. The molecule has 170 valence electrons. The number of hydrogen-bond acceptors (Lipinski definition) is 7. The highest BCUT2D eigenvalue weighted by Crippen LogP contribution is 2.22. The smallest absolute Gasteiger partial charge is 0.150 e. The van der Waals surface area contributed by atoms with E-state index in [4.69, 9.17) is 14.2 Å². The molecule has 2 N–H and O–H groups in total. The minimum Gasteiger partial charge on any atom is -0.348 e. The molecule has 0 spiro atoms. The summed E-state index contributed by atoms with van der Waals surface area (Å²) in [7, 11) is 8.00. The molecule has 0 radical (unpaired) electrons. The Labute approximate surface area is 186 Å². The van der Waals surface area contributed by atoms with Gasteiger partial charge in [-0.05, 0) is 24.0 Å². The summed E-state index contributed by atoms with van der Waals surface area (Å²) in [6.45, 7) is 0.420. The van der Waals surface area contributed by atoms with Crippen molar-refractivity contribution in [3.05, 3.63) is 71.8 Å². The van der Waals surface area contributed by atoms with Gasteiger partial charge in [0, 0.05) is 28.2 Å². The Morgan fingerprint density at radius 1 is 0.710 bits per heavy atom. The Kier molecular flexibility index (Phi) is 9.42. The van der Waals surface area contributed by atoms with Crippen molar-refractivity contribution in [3.8, 4) is 0 Å². The van der Waals surface area contributed by atoms with Crippen LogP contribution in [0.2, 0.25) is 0 Å². The minimum absolute atomic E-state index is 0.00587. The molecule has 2 unspecified atom stereocenters. The third kappa shape index (κ3) is 7.66. The van der Waals surface area contributed by atoms with Gasteiger partial charge in [-0.2, -0.15) is 0 Å². The summed E-state index contributed by atoms with van der Waals surface area (Å²) in [5.74, 6) is 0. The second-order valence-electron chi connectivity index (χ2n) is 8.34. The molecule has 0 aromatic heterocycles. The molecule has 2 aromatic carbocycles. The lowest BCUT2D eigenvalue weighted by atomic mass is 9.91. The van der Waals surface area contributed by atoms with Crippen molar-refractivity contribution in [2.75, 3.05) is 41.8 Å². The molecule has 1 fully saturated rings. The van der Waals surface area contributed by atoms with Crippen molar-refractivity contribution in [1.82, 2.24) is 20.9 Å². The Bertz CT molecular complexity index is 682. The zero-order chi connectivity index (χ0) is 22.1. The largest absolute Gasteiger partial charge is 0.348 e. The number of nitrogens with zero attached hydrogens (tertiary/aromatic N) is 2. The number of nitrogens with one attached hydrogen (secondary N) is 2. The van der Waals surface area contributed by atoms with E-state index in [1.807, 2.05) is 50.3 Å². The molecular weight excluding hydrogens is 392 g/mol. The maximum Gasteiger partial charge on any atom is 0.150 e. The van der Waals surface area contributed by atoms with Crippen LogP contribution in [0.5, 0.6) is 0 Å². The van der Waals surface area contributed by atoms with E-state index in [2.05, 4.69) is 59.4 Å². The van der Waals surface area contributed by atoms with Crippen LogP contribution >= 0.6 is 0 Å². The van der Waals surface area contributed by atoms with E-state index in [1.165, 1.54) is 11.1 Å². The van der Waals surface area contributed by atoms with Crippen LogP contribution < -0.4 is 10.9 Å². The average molecular weight is 429 g/mol. The van der Waals surface area contributed by atoms with E-state index in [-0.39, 0.29) is 37.9 Å². The van der Waals surface area contributed by atoms with Crippen LogP contribution in [0.1, 0.15) is 11.1 Å². The summed E-state index contributed by atoms with van der Waals surface area (Å²) in [4.78, 5) is 0. The lowest BCUT2D eigenvalue weighted by Gasteiger charge is -2.38. The number of rotatable bonds is 10. The van der Waals surface area contributed by atoms with Crippen LogP contribution in [0.4, 0.5) is 0 Å². The molecule has 1 aliphatic rings. The Morgan fingerprint density at radius 3 is 1.45 bits per heavy atom. The highest BCUT2D eigenvalue weighted by Gasteiger charge is 2.39. The van der Waals surface area contributed by atoms with Crippen molar-refractivity contribution < 1.29 is 14.2 Å². The van der Waals surface area contributed by atoms with Crippen LogP contribution in [-0.2, 0) is 27.1 Å². The van der Waals surface area contributed by atoms with Gasteiger partial charge in [-0.1, -0.05) is 60.7 Å². The Morgan fingerprint density at radius 2 is 1.10 bits per heavy atom. The lowest BCUT2D eigenvalue weighted by Crippen LogP contribution is -2.60. The fourth-order valence-electron chi connectivity index (χ4n) is 4.04. The highest BCUT2D eigenvalue weighted by molar-refractivity contribution is 5.18. The zero-order valence-corrected chi connectivity index (χ0v) is 19.0. The van der Waals surface area contributed by atoms with Gasteiger partial charge in [0.05, 0.1) is 12.1 Å². The van der Waals surface area contributed by atoms with Crippen molar-refractivity contribution in [3.63, 3.8) is 0 Å². The van der Waals surface area contributed by atoms with Gasteiger partial charge < -0.3 is 14.2 Å². The fraction of sp³-hybridized carbons (Fsp3) is 0.500. The summed E-state index contributed by atoms with van der Waals surface area (Å²) in [5.41, 5.74) is 9.61. The first-order chi connectivity index (χ1) is 15.0. The van der Waals surface area contributed by atoms with Crippen molar-refractivity contribution in [1.29, 1.82) is 0 Å². The molecule has 0 bridgehead atoms. The number of hydrazine groups is 2. The van der Waals surface area contributed by atoms with E-state index in [0.29, 0.717) is 0 Å². The molecule has 7 nitrogen and oxygen atoms in total. The van der Waals surface area contributed by atoms with E-state index >= 15 is 0 Å². The second-order valence-corrected chi connectivity index (χ2v) is 8.34. The average Bonchev–Trinajstić information content (AvgIpc) is 3.00. The first-order valence-corrected chi connectivity index (χ1v) is 10.8. The second kappa shape index (κ2) is 12.3. The van der Waals surface area contributed by atoms with E-state index in [0.717, 1.165) is 12.8 Å². The maximum absolute atomic E-state index is 6.26. The van der Waals surface area contributed by atoms with Crippen molar-refractivity contribution in [2.24, 2.45) is 0 Å². The molecule has 1 saturated heterocycles. The minimum atomic E-state index is -0.216. The molecular formula is C24H36N4O3. The zero-order valence-electron chi connectivity index (χ0n) is 19.0.